The quantitative estimate of drug-likeness (QED) is 0.290. The van der Waals surface area contributed by atoms with Crippen molar-refractivity contribution in [3.8, 4) is 0 Å². The lowest BCUT2D eigenvalue weighted by molar-refractivity contribution is -0.122. The molecule has 0 atom stereocenters. The molecule has 0 radical (unpaired) electrons. The fourth-order valence-electron chi connectivity index (χ4n) is 3.93. The molecule has 5 nitrogen and oxygen atoms in total. The van der Waals surface area contributed by atoms with Gasteiger partial charge in [-0.15, -0.1) is 0 Å². The number of hydrogen-bond donors (Lipinski definition) is 1. The highest BCUT2D eigenvalue weighted by atomic mass is 16.2. The maximum absolute atomic E-state index is 13.3. The van der Waals surface area contributed by atoms with Crippen LogP contribution in [0.25, 0.3) is 27.6 Å². The van der Waals surface area contributed by atoms with Crippen LogP contribution in [0.3, 0.4) is 0 Å². The molecular formula is C26H18N2O3. The zero-order valence-corrected chi connectivity index (χ0v) is 16.8. The van der Waals surface area contributed by atoms with Gasteiger partial charge in [-0.1, -0.05) is 66.2 Å². The van der Waals surface area contributed by atoms with Crippen LogP contribution >= 0.6 is 0 Å². The number of imide groups is 2. The average molecular weight is 406 g/mol. The van der Waals surface area contributed by atoms with Crippen molar-refractivity contribution in [2.24, 2.45) is 0 Å². The first-order valence-corrected chi connectivity index (χ1v) is 9.91. The fourth-order valence-corrected chi connectivity index (χ4v) is 3.93. The van der Waals surface area contributed by atoms with E-state index < -0.39 is 17.8 Å². The van der Waals surface area contributed by atoms with Crippen molar-refractivity contribution in [1.82, 2.24) is 5.32 Å². The van der Waals surface area contributed by atoms with Gasteiger partial charge in [-0.3, -0.25) is 14.9 Å². The third-order valence-corrected chi connectivity index (χ3v) is 5.50. The first-order valence-electron chi connectivity index (χ1n) is 9.91. The third kappa shape index (κ3) is 3.16. The summed E-state index contributed by atoms with van der Waals surface area (Å²) in [5, 5.41) is 6.15. The lowest BCUT2D eigenvalue weighted by Crippen LogP contribution is -2.54. The number of urea groups is 1. The van der Waals surface area contributed by atoms with Gasteiger partial charge in [0.15, 0.2) is 0 Å². The Labute approximate surface area is 178 Å². The van der Waals surface area contributed by atoms with Crippen LogP contribution in [0, 0.1) is 6.92 Å². The highest BCUT2D eigenvalue weighted by Crippen LogP contribution is 2.31. The SMILES string of the molecule is Cc1ccc(N2C(=O)NC(=O)/C(=C\c3c4ccccc4cc4ccccc34)C2=O)cc1. The summed E-state index contributed by atoms with van der Waals surface area (Å²) in [6.07, 6.45) is 1.59. The number of benzene rings is 4. The summed E-state index contributed by atoms with van der Waals surface area (Å²) in [5.74, 6) is -1.34. The molecule has 31 heavy (non-hydrogen) atoms. The van der Waals surface area contributed by atoms with Crippen LogP contribution in [0.4, 0.5) is 10.5 Å². The second-order valence-electron chi connectivity index (χ2n) is 7.53. The van der Waals surface area contributed by atoms with Crippen molar-refractivity contribution < 1.29 is 14.4 Å². The summed E-state index contributed by atoms with van der Waals surface area (Å²) >= 11 is 0. The summed E-state index contributed by atoms with van der Waals surface area (Å²) in [4.78, 5) is 39.4. The predicted octanol–water partition coefficient (Wildman–Crippen LogP) is 4.97. The topological polar surface area (TPSA) is 66.5 Å². The van der Waals surface area contributed by atoms with E-state index in [2.05, 4.69) is 11.4 Å². The number of fused-ring (bicyclic) bond motifs is 2. The Hall–Kier alpha value is -4.25. The van der Waals surface area contributed by atoms with E-state index in [4.69, 9.17) is 0 Å². The van der Waals surface area contributed by atoms with Crippen LogP contribution in [-0.2, 0) is 9.59 Å². The number of nitrogens with zero attached hydrogens (tertiary/aromatic N) is 1. The van der Waals surface area contributed by atoms with E-state index in [1.54, 1.807) is 18.2 Å². The minimum atomic E-state index is -0.751. The Morgan fingerprint density at radius 1 is 0.774 bits per heavy atom. The van der Waals surface area contributed by atoms with Crippen molar-refractivity contribution in [1.29, 1.82) is 0 Å². The molecule has 4 aromatic rings. The molecular weight excluding hydrogens is 388 g/mol. The molecule has 1 heterocycles. The molecule has 4 amide bonds. The van der Waals surface area contributed by atoms with Crippen LogP contribution in [0.15, 0.2) is 84.4 Å². The number of rotatable bonds is 2. The van der Waals surface area contributed by atoms with Crippen molar-refractivity contribution >= 4 is 51.2 Å². The van der Waals surface area contributed by atoms with Gasteiger partial charge in [0.2, 0.25) is 0 Å². The summed E-state index contributed by atoms with van der Waals surface area (Å²) in [6.45, 7) is 1.92. The smallest absolute Gasteiger partial charge is 0.273 e. The molecule has 1 aliphatic rings. The van der Waals surface area contributed by atoms with Crippen molar-refractivity contribution in [2.45, 2.75) is 6.92 Å². The van der Waals surface area contributed by atoms with Gasteiger partial charge in [-0.05, 0) is 58.3 Å². The van der Waals surface area contributed by atoms with Crippen LogP contribution < -0.4 is 10.2 Å². The average Bonchev–Trinajstić information content (AvgIpc) is 2.77. The van der Waals surface area contributed by atoms with Gasteiger partial charge in [0.05, 0.1) is 5.69 Å². The van der Waals surface area contributed by atoms with E-state index >= 15 is 0 Å². The second-order valence-corrected chi connectivity index (χ2v) is 7.53. The van der Waals surface area contributed by atoms with Gasteiger partial charge in [0.1, 0.15) is 5.57 Å². The van der Waals surface area contributed by atoms with E-state index in [0.717, 1.165) is 37.6 Å². The minimum Gasteiger partial charge on any atom is -0.273 e. The van der Waals surface area contributed by atoms with E-state index in [1.807, 2.05) is 67.6 Å². The Balaban J connectivity index is 1.71. The van der Waals surface area contributed by atoms with Crippen LogP contribution in [0.1, 0.15) is 11.1 Å². The normalized spacial score (nSPS) is 15.7. The van der Waals surface area contributed by atoms with E-state index in [0.29, 0.717) is 5.69 Å². The van der Waals surface area contributed by atoms with E-state index in [1.165, 1.54) is 0 Å². The van der Waals surface area contributed by atoms with Crippen molar-refractivity contribution in [3.63, 3.8) is 0 Å². The molecule has 5 heteroatoms. The van der Waals surface area contributed by atoms with Gasteiger partial charge in [-0.2, -0.15) is 0 Å². The Kier molecular flexibility index (Phi) is 4.37. The van der Waals surface area contributed by atoms with Crippen molar-refractivity contribution in [2.75, 3.05) is 4.90 Å². The molecule has 5 rings (SSSR count). The molecule has 1 fully saturated rings. The number of nitrogens with one attached hydrogen (secondary N) is 1. The van der Waals surface area contributed by atoms with Gasteiger partial charge in [0.25, 0.3) is 11.8 Å². The molecule has 1 saturated heterocycles. The molecule has 0 aliphatic carbocycles. The molecule has 0 bridgehead atoms. The number of carbonyl (C=O) groups is 3. The van der Waals surface area contributed by atoms with E-state index in [-0.39, 0.29) is 5.57 Å². The van der Waals surface area contributed by atoms with Gasteiger partial charge in [0, 0.05) is 0 Å². The summed E-state index contributed by atoms with van der Waals surface area (Å²) < 4.78 is 0. The summed E-state index contributed by atoms with van der Waals surface area (Å²) in [6, 6.07) is 24.0. The first-order chi connectivity index (χ1) is 15.0. The summed E-state index contributed by atoms with van der Waals surface area (Å²) in [7, 11) is 0. The lowest BCUT2D eigenvalue weighted by atomic mass is 9.94. The number of barbiturate groups is 1. The molecule has 0 unspecified atom stereocenters. The second kappa shape index (κ2) is 7.22. The van der Waals surface area contributed by atoms with Gasteiger partial charge in [-0.25, -0.2) is 9.69 Å². The lowest BCUT2D eigenvalue weighted by Gasteiger charge is -2.26. The molecule has 1 N–H and O–H groups in total. The third-order valence-electron chi connectivity index (χ3n) is 5.50. The van der Waals surface area contributed by atoms with Crippen LogP contribution in [-0.4, -0.2) is 17.8 Å². The molecule has 4 aromatic carbocycles. The Morgan fingerprint density at radius 3 is 1.97 bits per heavy atom. The van der Waals surface area contributed by atoms with Gasteiger partial charge >= 0.3 is 6.03 Å². The highest BCUT2D eigenvalue weighted by Gasteiger charge is 2.37. The fraction of sp³-hybridized carbons (Fsp3) is 0.0385. The number of anilines is 1. The number of hydrogen-bond acceptors (Lipinski definition) is 3. The van der Waals surface area contributed by atoms with Crippen LogP contribution in [0.2, 0.25) is 0 Å². The molecule has 1 aliphatic heterocycles. The Bertz CT molecular complexity index is 1360. The number of amides is 4. The van der Waals surface area contributed by atoms with Gasteiger partial charge < -0.3 is 0 Å². The molecule has 0 spiro atoms. The Morgan fingerprint density at radius 2 is 1.35 bits per heavy atom. The highest BCUT2D eigenvalue weighted by molar-refractivity contribution is 6.39. The maximum atomic E-state index is 13.3. The molecule has 0 saturated carbocycles. The van der Waals surface area contributed by atoms with Crippen molar-refractivity contribution in [3.05, 3.63) is 95.6 Å². The number of aryl methyl sites for hydroxylation is 1. The molecule has 0 aromatic heterocycles. The predicted molar refractivity (Wildman–Crippen MR) is 122 cm³/mol. The monoisotopic (exact) mass is 406 g/mol. The minimum absolute atomic E-state index is 0.0818. The largest absolute Gasteiger partial charge is 0.335 e. The van der Waals surface area contributed by atoms with Crippen LogP contribution in [0.5, 0.6) is 0 Å². The zero-order chi connectivity index (χ0) is 21.5. The maximum Gasteiger partial charge on any atom is 0.335 e. The number of carbonyl (C=O) groups excluding carboxylic acids is 3. The standard InChI is InChI=1S/C26H18N2O3/c1-16-10-12-19(13-11-16)28-25(30)23(24(29)27-26(28)31)15-22-20-8-4-2-6-17(20)14-18-7-3-5-9-21(18)22/h2-15H,1H3,(H,27,29,31)/b23-15+. The zero-order valence-electron chi connectivity index (χ0n) is 16.8. The van der Waals surface area contributed by atoms with E-state index in [9.17, 15) is 14.4 Å². The molecule has 150 valence electrons. The summed E-state index contributed by atoms with van der Waals surface area (Å²) in [5.41, 5.74) is 2.10. The first kappa shape index (κ1) is 18.8.